The molecule has 3 aromatic rings. The van der Waals surface area contributed by atoms with Gasteiger partial charge in [0.15, 0.2) is 9.74 Å². The Morgan fingerprint density at radius 1 is 1.32 bits per heavy atom. The van der Waals surface area contributed by atoms with Gasteiger partial charge in [-0.25, -0.2) is 9.97 Å². The second-order valence-corrected chi connectivity index (χ2v) is 8.73. The number of H-pyrrole nitrogens is 1. The number of halogens is 2. The first-order valence-corrected chi connectivity index (χ1v) is 10.1. The molecule has 2 aromatic heterocycles. The summed E-state index contributed by atoms with van der Waals surface area (Å²) in [5.74, 6) is 1.01. The van der Waals surface area contributed by atoms with Crippen molar-refractivity contribution in [3.63, 3.8) is 0 Å². The molecule has 25 heavy (non-hydrogen) atoms. The lowest BCUT2D eigenvalue weighted by Crippen LogP contribution is -2.22. The fraction of sp³-hybridized carbons (Fsp3) is 0.353. The molecule has 1 N–H and O–H groups in total. The summed E-state index contributed by atoms with van der Waals surface area (Å²) in [7, 11) is 0. The van der Waals surface area contributed by atoms with E-state index < -0.39 is 0 Å². The third kappa shape index (κ3) is 3.79. The molecule has 0 saturated carbocycles. The predicted octanol–water partition coefficient (Wildman–Crippen LogP) is 4.90. The summed E-state index contributed by atoms with van der Waals surface area (Å²) in [6.45, 7) is 0.744. The summed E-state index contributed by atoms with van der Waals surface area (Å²) in [6, 6.07) is 7.92. The van der Waals surface area contributed by atoms with Crippen LogP contribution in [-0.4, -0.2) is 26.8 Å². The fourth-order valence-electron chi connectivity index (χ4n) is 3.22. The zero-order valence-electron chi connectivity index (χ0n) is 13.3. The van der Waals surface area contributed by atoms with Gasteiger partial charge in [0.2, 0.25) is 0 Å². The Kier molecular flexibility index (Phi) is 5.17. The fourth-order valence-corrected chi connectivity index (χ4v) is 5.05. The third-order valence-corrected chi connectivity index (χ3v) is 6.28. The van der Waals surface area contributed by atoms with Crippen LogP contribution in [0.2, 0.25) is 5.02 Å². The van der Waals surface area contributed by atoms with Gasteiger partial charge >= 0.3 is 0 Å². The van der Waals surface area contributed by atoms with Gasteiger partial charge < -0.3 is 4.74 Å². The van der Waals surface area contributed by atoms with Crippen molar-refractivity contribution < 1.29 is 4.74 Å². The van der Waals surface area contributed by atoms with Crippen LogP contribution in [0.15, 0.2) is 34.5 Å². The maximum Gasteiger partial charge on any atom is 0.159 e. The van der Waals surface area contributed by atoms with Crippen molar-refractivity contribution in [1.82, 2.24) is 20.2 Å². The molecule has 0 aliphatic carbocycles. The third-order valence-electron chi connectivity index (χ3n) is 4.35. The highest BCUT2D eigenvalue weighted by molar-refractivity contribution is 9.11. The molecule has 8 heteroatoms. The smallest absolute Gasteiger partial charge is 0.159 e. The number of nitrogens with zero attached hydrogens (tertiary/aromatic N) is 3. The molecule has 130 valence electrons. The van der Waals surface area contributed by atoms with Crippen molar-refractivity contribution in [1.29, 1.82) is 0 Å². The van der Waals surface area contributed by atoms with Gasteiger partial charge in [-0.15, -0.1) is 11.3 Å². The minimum absolute atomic E-state index is 0.104. The van der Waals surface area contributed by atoms with E-state index in [4.69, 9.17) is 21.3 Å². The van der Waals surface area contributed by atoms with E-state index in [0.29, 0.717) is 0 Å². The first-order valence-electron chi connectivity index (χ1n) is 8.07. The summed E-state index contributed by atoms with van der Waals surface area (Å²) >= 11 is 11.2. The number of nitrogens with one attached hydrogen (secondary N) is 1. The first-order chi connectivity index (χ1) is 12.2. The van der Waals surface area contributed by atoms with Crippen molar-refractivity contribution >= 4 is 38.9 Å². The van der Waals surface area contributed by atoms with Crippen LogP contribution < -0.4 is 0 Å². The minimum Gasteiger partial charge on any atom is -0.370 e. The monoisotopic (exact) mass is 438 g/mol. The van der Waals surface area contributed by atoms with Crippen LogP contribution in [0.5, 0.6) is 0 Å². The molecule has 1 saturated heterocycles. The number of aromatic amines is 1. The topological polar surface area (TPSA) is 63.7 Å². The Bertz CT molecular complexity index is 837. The average Bonchev–Trinajstić information content (AvgIpc) is 3.27. The standard InChI is InChI=1S/C17H16BrClN4OS/c18-17-22-13(8-10-3-5-11(19)6-4-10)15(25-17)12-2-1-7-24-14(12)16-20-9-21-23-16/h3-6,9,12,14H,1-2,7-8H2,(H,20,21,23). The van der Waals surface area contributed by atoms with Crippen molar-refractivity contribution in [2.75, 3.05) is 6.61 Å². The van der Waals surface area contributed by atoms with Crippen LogP contribution in [0.25, 0.3) is 0 Å². The molecule has 1 fully saturated rings. The molecular formula is C17H16BrClN4OS. The summed E-state index contributed by atoms with van der Waals surface area (Å²) in [5, 5.41) is 7.68. The number of thiazole rings is 1. The highest BCUT2D eigenvalue weighted by atomic mass is 79.9. The van der Waals surface area contributed by atoms with Crippen molar-refractivity contribution in [3.05, 3.63) is 61.5 Å². The van der Waals surface area contributed by atoms with Gasteiger partial charge in [-0.3, -0.25) is 5.10 Å². The Hall–Kier alpha value is -1.28. The van der Waals surface area contributed by atoms with Crippen LogP contribution in [0.4, 0.5) is 0 Å². The largest absolute Gasteiger partial charge is 0.370 e. The van der Waals surface area contributed by atoms with Crippen LogP contribution >= 0.6 is 38.9 Å². The van der Waals surface area contributed by atoms with E-state index in [9.17, 15) is 0 Å². The molecule has 2 unspecified atom stereocenters. The molecule has 5 nitrogen and oxygen atoms in total. The normalized spacial score (nSPS) is 20.7. The van der Waals surface area contributed by atoms with E-state index in [2.05, 4.69) is 31.1 Å². The van der Waals surface area contributed by atoms with E-state index in [1.807, 2.05) is 24.3 Å². The van der Waals surface area contributed by atoms with Crippen LogP contribution in [0.3, 0.4) is 0 Å². The zero-order valence-corrected chi connectivity index (χ0v) is 16.4. The maximum atomic E-state index is 6.03. The zero-order chi connectivity index (χ0) is 17.2. The SMILES string of the molecule is Clc1ccc(Cc2nc(Br)sc2C2CCCOC2c2ncn[nH]2)cc1. The number of hydrogen-bond acceptors (Lipinski definition) is 5. The van der Waals surface area contributed by atoms with E-state index in [0.717, 1.165) is 46.3 Å². The van der Waals surface area contributed by atoms with Crippen molar-refractivity contribution in [2.45, 2.75) is 31.3 Å². The lowest BCUT2D eigenvalue weighted by molar-refractivity contribution is -0.00675. The molecule has 0 radical (unpaired) electrons. The Morgan fingerprint density at radius 2 is 2.16 bits per heavy atom. The quantitative estimate of drug-likeness (QED) is 0.628. The van der Waals surface area contributed by atoms with Crippen LogP contribution in [0, 0.1) is 0 Å². The van der Waals surface area contributed by atoms with Crippen molar-refractivity contribution in [2.24, 2.45) is 0 Å². The van der Waals surface area contributed by atoms with Gasteiger partial charge in [-0.1, -0.05) is 23.7 Å². The van der Waals surface area contributed by atoms with Gasteiger partial charge in [0.25, 0.3) is 0 Å². The molecule has 3 heterocycles. The van der Waals surface area contributed by atoms with Crippen LogP contribution in [-0.2, 0) is 11.2 Å². The Balaban J connectivity index is 1.66. The molecule has 1 aliphatic rings. The van der Waals surface area contributed by atoms with E-state index in [-0.39, 0.29) is 12.0 Å². The van der Waals surface area contributed by atoms with Gasteiger partial charge in [-0.05, 0) is 46.5 Å². The van der Waals surface area contributed by atoms with Crippen LogP contribution in [0.1, 0.15) is 46.8 Å². The van der Waals surface area contributed by atoms with Gasteiger partial charge in [0.05, 0.1) is 5.69 Å². The summed E-state index contributed by atoms with van der Waals surface area (Å²) in [5.41, 5.74) is 2.27. The number of hydrogen-bond donors (Lipinski definition) is 1. The second kappa shape index (κ2) is 7.53. The summed E-state index contributed by atoms with van der Waals surface area (Å²) < 4.78 is 6.93. The van der Waals surface area contributed by atoms with Gasteiger partial charge in [0, 0.05) is 28.8 Å². The second-order valence-electron chi connectivity index (χ2n) is 5.99. The molecule has 2 atom stereocenters. The van der Waals surface area contributed by atoms with Gasteiger partial charge in [-0.2, -0.15) is 5.10 Å². The Morgan fingerprint density at radius 3 is 2.92 bits per heavy atom. The van der Waals surface area contributed by atoms with E-state index >= 15 is 0 Å². The lowest BCUT2D eigenvalue weighted by Gasteiger charge is -2.30. The summed E-state index contributed by atoms with van der Waals surface area (Å²) in [4.78, 5) is 10.3. The van der Waals surface area contributed by atoms with Crippen molar-refractivity contribution in [3.8, 4) is 0 Å². The molecule has 1 aromatic carbocycles. The lowest BCUT2D eigenvalue weighted by atomic mass is 9.90. The average molecular weight is 440 g/mol. The molecule has 0 bridgehead atoms. The molecular weight excluding hydrogens is 424 g/mol. The molecule has 1 aliphatic heterocycles. The highest BCUT2D eigenvalue weighted by Gasteiger charge is 2.34. The van der Waals surface area contributed by atoms with E-state index in [1.54, 1.807) is 11.3 Å². The summed E-state index contributed by atoms with van der Waals surface area (Å²) in [6.07, 6.45) is 4.28. The minimum atomic E-state index is -0.104. The number of rotatable bonds is 4. The molecule has 0 spiro atoms. The number of aromatic nitrogens is 4. The maximum absolute atomic E-state index is 6.03. The van der Waals surface area contributed by atoms with Gasteiger partial charge in [0.1, 0.15) is 12.4 Å². The molecule has 4 rings (SSSR count). The van der Waals surface area contributed by atoms with E-state index in [1.165, 1.54) is 16.8 Å². The number of ether oxygens (including phenoxy) is 1. The first kappa shape index (κ1) is 17.1. The number of benzene rings is 1. The molecule has 0 amide bonds. The highest BCUT2D eigenvalue weighted by Crippen LogP contribution is 2.44. The predicted molar refractivity (Wildman–Crippen MR) is 101 cm³/mol. The Labute approximate surface area is 162 Å².